The fourth-order valence-electron chi connectivity index (χ4n) is 5.81. The summed E-state index contributed by atoms with van der Waals surface area (Å²) in [6.07, 6.45) is 0.796. The van der Waals surface area contributed by atoms with Gasteiger partial charge in [0.05, 0.1) is 22.5 Å². The van der Waals surface area contributed by atoms with Crippen LogP contribution < -0.4 is 5.32 Å². The standard InChI is InChI=1S/C31H33ClFN3O2/c1-21(22-9-4-2-5-10-22)30(37)34-28(23-11-6-3-7-12-23)15-16-35-17-24-19-36(20-25(24)18-35)31(38)29-26(32)13-8-14-27(29)33/h2-14,21,24-25,28H,15-20H2,1H3,(H,34,37)/t21?,24-,25?,28?/m0/s1. The SMILES string of the molecule is CC(C(=O)NC(CCN1CC2CN(C(=O)c3c(F)cccc3Cl)C[C@@H]2C1)c1ccccc1)c1ccccc1. The summed E-state index contributed by atoms with van der Waals surface area (Å²) in [5.41, 5.74) is 2.07. The molecule has 0 aromatic heterocycles. The summed E-state index contributed by atoms with van der Waals surface area (Å²) < 4.78 is 14.3. The Morgan fingerprint density at radius 1 is 0.895 bits per heavy atom. The minimum Gasteiger partial charge on any atom is -0.349 e. The minimum absolute atomic E-state index is 0.0179. The molecular weight excluding hydrogens is 501 g/mol. The Morgan fingerprint density at radius 3 is 2.11 bits per heavy atom. The molecule has 2 aliphatic heterocycles. The van der Waals surface area contributed by atoms with Crippen LogP contribution in [0.25, 0.3) is 0 Å². The van der Waals surface area contributed by atoms with Crippen LogP contribution in [0.2, 0.25) is 5.02 Å². The maximum atomic E-state index is 14.3. The topological polar surface area (TPSA) is 52.7 Å². The van der Waals surface area contributed by atoms with Gasteiger partial charge in [0.2, 0.25) is 5.91 Å². The molecule has 0 saturated carbocycles. The molecule has 1 N–H and O–H groups in total. The number of nitrogens with one attached hydrogen (secondary N) is 1. The molecule has 38 heavy (non-hydrogen) atoms. The number of carbonyl (C=O) groups is 2. The predicted molar refractivity (Wildman–Crippen MR) is 148 cm³/mol. The second-order valence-electron chi connectivity index (χ2n) is 10.5. The van der Waals surface area contributed by atoms with Crippen molar-refractivity contribution in [1.29, 1.82) is 0 Å². The lowest BCUT2D eigenvalue weighted by Gasteiger charge is -2.26. The van der Waals surface area contributed by atoms with Crippen LogP contribution in [-0.2, 0) is 4.79 Å². The molecule has 2 aliphatic rings. The van der Waals surface area contributed by atoms with Crippen LogP contribution in [0.15, 0.2) is 78.9 Å². The molecule has 0 bridgehead atoms. The lowest BCUT2D eigenvalue weighted by atomic mass is 9.98. The van der Waals surface area contributed by atoms with E-state index in [0.29, 0.717) is 24.9 Å². The van der Waals surface area contributed by atoms with Gasteiger partial charge < -0.3 is 15.1 Å². The van der Waals surface area contributed by atoms with E-state index in [1.165, 1.54) is 12.1 Å². The smallest absolute Gasteiger partial charge is 0.258 e. The van der Waals surface area contributed by atoms with Gasteiger partial charge in [0.1, 0.15) is 5.82 Å². The highest BCUT2D eigenvalue weighted by Crippen LogP contribution is 2.34. The van der Waals surface area contributed by atoms with Crippen LogP contribution in [0, 0.1) is 17.7 Å². The van der Waals surface area contributed by atoms with Crippen LogP contribution in [0.5, 0.6) is 0 Å². The maximum Gasteiger partial charge on any atom is 0.258 e. The monoisotopic (exact) mass is 533 g/mol. The summed E-state index contributed by atoms with van der Waals surface area (Å²) in [6.45, 7) is 5.77. The first-order valence-corrected chi connectivity index (χ1v) is 13.6. The number of hydrogen-bond acceptors (Lipinski definition) is 3. The van der Waals surface area contributed by atoms with Gasteiger partial charge in [0.25, 0.3) is 5.91 Å². The summed E-state index contributed by atoms with van der Waals surface area (Å²) in [5, 5.41) is 3.45. The van der Waals surface area contributed by atoms with Gasteiger partial charge in [0.15, 0.2) is 0 Å². The molecule has 0 spiro atoms. The first kappa shape index (κ1) is 26.4. The molecule has 3 unspecified atom stereocenters. The number of amides is 2. The Morgan fingerprint density at radius 2 is 1.50 bits per heavy atom. The van der Waals surface area contributed by atoms with E-state index in [4.69, 9.17) is 11.6 Å². The summed E-state index contributed by atoms with van der Waals surface area (Å²) in [4.78, 5) is 30.3. The Labute approximate surface area is 228 Å². The van der Waals surface area contributed by atoms with Crippen LogP contribution in [0.1, 0.15) is 46.8 Å². The van der Waals surface area contributed by atoms with E-state index in [0.717, 1.165) is 37.2 Å². The molecule has 2 saturated heterocycles. The Kier molecular flexibility index (Phi) is 8.10. The van der Waals surface area contributed by atoms with Crippen LogP contribution in [-0.4, -0.2) is 54.3 Å². The number of hydrogen-bond donors (Lipinski definition) is 1. The fraction of sp³-hybridized carbons (Fsp3) is 0.355. The molecule has 2 heterocycles. The summed E-state index contributed by atoms with van der Waals surface area (Å²) in [6, 6.07) is 24.2. The van der Waals surface area contributed by atoms with Crippen molar-refractivity contribution in [2.24, 2.45) is 11.8 Å². The number of carbonyl (C=O) groups excluding carboxylic acids is 2. The molecule has 5 nitrogen and oxygen atoms in total. The molecular formula is C31H33ClFN3O2. The summed E-state index contributed by atoms with van der Waals surface area (Å²) >= 11 is 6.13. The first-order chi connectivity index (χ1) is 18.4. The summed E-state index contributed by atoms with van der Waals surface area (Å²) in [5.74, 6) is -0.408. The maximum absolute atomic E-state index is 14.3. The lowest BCUT2D eigenvalue weighted by molar-refractivity contribution is -0.123. The third-order valence-corrected chi connectivity index (χ3v) is 8.29. The third kappa shape index (κ3) is 5.77. The molecule has 5 rings (SSSR count). The van der Waals surface area contributed by atoms with Crippen LogP contribution >= 0.6 is 11.6 Å². The average molecular weight is 534 g/mol. The van der Waals surface area contributed by atoms with E-state index in [-0.39, 0.29) is 34.4 Å². The van der Waals surface area contributed by atoms with Crippen molar-refractivity contribution in [3.8, 4) is 0 Å². The molecule has 198 valence electrons. The van der Waals surface area contributed by atoms with Gasteiger partial charge in [-0.2, -0.15) is 0 Å². The van der Waals surface area contributed by atoms with Gasteiger partial charge in [-0.3, -0.25) is 9.59 Å². The molecule has 2 amide bonds. The number of fused-ring (bicyclic) bond motifs is 1. The minimum atomic E-state index is -0.572. The highest BCUT2D eigenvalue weighted by molar-refractivity contribution is 6.33. The van der Waals surface area contributed by atoms with Gasteiger partial charge in [-0.05, 0) is 48.4 Å². The molecule has 3 aromatic carbocycles. The number of rotatable bonds is 8. The van der Waals surface area contributed by atoms with E-state index >= 15 is 0 Å². The van der Waals surface area contributed by atoms with E-state index in [2.05, 4.69) is 22.3 Å². The molecule has 0 radical (unpaired) electrons. The number of benzene rings is 3. The van der Waals surface area contributed by atoms with E-state index < -0.39 is 5.82 Å². The zero-order chi connectivity index (χ0) is 26.6. The second-order valence-corrected chi connectivity index (χ2v) is 10.9. The normalized spacial score (nSPS) is 20.7. The highest BCUT2D eigenvalue weighted by Gasteiger charge is 2.42. The largest absolute Gasteiger partial charge is 0.349 e. The Bertz CT molecular complexity index is 1240. The van der Waals surface area contributed by atoms with Gasteiger partial charge in [-0.15, -0.1) is 0 Å². The average Bonchev–Trinajstić information content (AvgIpc) is 3.50. The molecule has 3 aromatic rings. The molecule has 2 fully saturated rings. The third-order valence-electron chi connectivity index (χ3n) is 7.97. The number of likely N-dealkylation sites (tertiary alicyclic amines) is 2. The van der Waals surface area contributed by atoms with Crippen molar-refractivity contribution in [3.05, 3.63) is 106 Å². The first-order valence-electron chi connectivity index (χ1n) is 13.3. The Balaban J connectivity index is 1.18. The van der Waals surface area contributed by atoms with Crippen molar-refractivity contribution in [1.82, 2.24) is 15.1 Å². The Hall–Kier alpha value is -3.22. The van der Waals surface area contributed by atoms with Gasteiger partial charge in [-0.1, -0.05) is 78.3 Å². The number of halogens is 2. The highest BCUT2D eigenvalue weighted by atomic mass is 35.5. The summed E-state index contributed by atoms with van der Waals surface area (Å²) in [7, 11) is 0. The van der Waals surface area contributed by atoms with Gasteiger partial charge in [-0.25, -0.2) is 4.39 Å². The van der Waals surface area contributed by atoms with Crippen molar-refractivity contribution in [3.63, 3.8) is 0 Å². The predicted octanol–water partition coefficient (Wildman–Crippen LogP) is 5.53. The fourth-order valence-corrected chi connectivity index (χ4v) is 6.05. The second kappa shape index (κ2) is 11.7. The number of nitrogens with zero attached hydrogens (tertiary/aromatic N) is 2. The van der Waals surface area contributed by atoms with E-state index in [9.17, 15) is 14.0 Å². The van der Waals surface area contributed by atoms with Gasteiger partial charge >= 0.3 is 0 Å². The quantitative estimate of drug-likeness (QED) is 0.414. The van der Waals surface area contributed by atoms with E-state index in [1.54, 1.807) is 11.0 Å². The lowest BCUT2D eigenvalue weighted by Crippen LogP contribution is -2.36. The van der Waals surface area contributed by atoms with Crippen LogP contribution in [0.4, 0.5) is 4.39 Å². The van der Waals surface area contributed by atoms with Crippen molar-refractivity contribution >= 4 is 23.4 Å². The van der Waals surface area contributed by atoms with Crippen molar-refractivity contribution in [2.75, 3.05) is 32.7 Å². The zero-order valence-electron chi connectivity index (χ0n) is 21.5. The molecule has 0 aliphatic carbocycles. The zero-order valence-corrected chi connectivity index (χ0v) is 22.3. The van der Waals surface area contributed by atoms with Crippen molar-refractivity contribution in [2.45, 2.75) is 25.3 Å². The van der Waals surface area contributed by atoms with Crippen molar-refractivity contribution < 1.29 is 14.0 Å². The molecule has 7 heteroatoms. The van der Waals surface area contributed by atoms with Gasteiger partial charge in [0, 0.05) is 32.7 Å². The van der Waals surface area contributed by atoms with Crippen LogP contribution in [0.3, 0.4) is 0 Å². The molecule has 4 atom stereocenters. The van der Waals surface area contributed by atoms with E-state index in [1.807, 2.05) is 55.5 Å².